The van der Waals surface area contributed by atoms with E-state index in [1.54, 1.807) is 25.1 Å². The third-order valence-electron chi connectivity index (χ3n) is 5.56. The van der Waals surface area contributed by atoms with E-state index in [1.807, 2.05) is 0 Å². The van der Waals surface area contributed by atoms with Crippen molar-refractivity contribution >= 4 is 35.0 Å². The number of hydrogen-bond acceptors (Lipinski definition) is 10. The molecule has 37 heavy (non-hydrogen) atoms. The molecule has 0 saturated carbocycles. The third-order valence-corrected chi connectivity index (χ3v) is 6.55. The van der Waals surface area contributed by atoms with E-state index in [-0.39, 0.29) is 27.3 Å². The summed E-state index contributed by atoms with van der Waals surface area (Å²) in [4.78, 5) is 53.4. The number of thiazole rings is 1. The Morgan fingerprint density at radius 1 is 1.16 bits per heavy atom. The first kappa shape index (κ1) is 25.5. The van der Waals surface area contributed by atoms with Gasteiger partial charge in [-0.1, -0.05) is 29.5 Å². The highest BCUT2D eigenvalue weighted by Crippen LogP contribution is 2.36. The van der Waals surface area contributed by atoms with Crippen molar-refractivity contribution in [1.82, 2.24) is 4.57 Å². The number of nitro benzene ring substituents is 1. The van der Waals surface area contributed by atoms with Gasteiger partial charge in [0.2, 0.25) is 0 Å². The zero-order valence-corrected chi connectivity index (χ0v) is 21.0. The summed E-state index contributed by atoms with van der Waals surface area (Å²) in [6.07, 6.45) is 1.54. The smallest absolute Gasteiger partial charge is 0.338 e. The summed E-state index contributed by atoms with van der Waals surface area (Å²) in [5.41, 5.74) is 0.917. The van der Waals surface area contributed by atoms with Gasteiger partial charge in [-0.05, 0) is 36.3 Å². The molecule has 0 spiro atoms. The maximum atomic E-state index is 13.6. The first-order valence-electron chi connectivity index (χ1n) is 10.9. The van der Waals surface area contributed by atoms with Crippen molar-refractivity contribution in [1.29, 1.82) is 0 Å². The van der Waals surface area contributed by atoms with Crippen LogP contribution < -0.4 is 24.4 Å². The number of nitrogens with zero attached hydrogens (tertiary/aromatic N) is 3. The monoisotopic (exact) mass is 523 g/mol. The molecule has 3 aromatic rings. The molecule has 0 fully saturated rings. The van der Waals surface area contributed by atoms with Crippen molar-refractivity contribution in [3.63, 3.8) is 0 Å². The number of carbonyl (C=O) groups is 2. The van der Waals surface area contributed by atoms with E-state index in [0.717, 1.165) is 11.3 Å². The number of ether oxygens (including phenoxy) is 3. The summed E-state index contributed by atoms with van der Waals surface area (Å²) >= 11 is 1.09. The lowest BCUT2D eigenvalue weighted by molar-refractivity contribution is -0.384. The first-order valence-corrected chi connectivity index (χ1v) is 11.7. The number of benzene rings is 2. The first-order chi connectivity index (χ1) is 17.6. The fraction of sp³-hybridized carbons (Fsp3) is 0.200. The van der Waals surface area contributed by atoms with Crippen molar-refractivity contribution in [2.75, 3.05) is 14.2 Å². The highest BCUT2D eigenvalue weighted by atomic mass is 32.1. The second-order valence-corrected chi connectivity index (χ2v) is 8.94. The minimum absolute atomic E-state index is 0.108. The molecule has 1 atom stereocenters. The topological polar surface area (TPSA) is 139 Å². The van der Waals surface area contributed by atoms with E-state index < -0.39 is 28.5 Å². The van der Waals surface area contributed by atoms with Crippen molar-refractivity contribution in [3.8, 4) is 11.5 Å². The molecule has 0 amide bonds. The Hall–Kier alpha value is -4.58. The second kappa shape index (κ2) is 10.2. The molecule has 2 aromatic carbocycles. The lowest BCUT2D eigenvalue weighted by Crippen LogP contribution is -2.39. The number of fused-ring (bicyclic) bond motifs is 1. The molecule has 0 saturated heterocycles. The van der Waals surface area contributed by atoms with E-state index >= 15 is 0 Å². The largest absolute Gasteiger partial charge is 0.493 e. The highest BCUT2D eigenvalue weighted by Gasteiger charge is 2.33. The SMILES string of the molecule is COC(=O)C1=C(C)N=c2s/c(=C/c3cccc([N+](=O)[O-])c3)c(=O)n2C1c1ccc(OC(C)=O)c(OC)c1. The van der Waals surface area contributed by atoms with Gasteiger partial charge in [-0.2, -0.15) is 0 Å². The van der Waals surface area contributed by atoms with E-state index in [2.05, 4.69) is 4.99 Å². The number of carbonyl (C=O) groups excluding carboxylic acids is 2. The van der Waals surface area contributed by atoms with Crippen LogP contribution >= 0.6 is 11.3 Å². The molecule has 12 heteroatoms. The normalized spacial score (nSPS) is 15.0. The van der Waals surface area contributed by atoms with Gasteiger partial charge in [0.15, 0.2) is 16.3 Å². The van der Waals surface area contributed by atoms with Gasteiger partial charge in [0.25, 0.3) is 11.2 Å². The molecule has 1 aromatic heterocycles. The Labute approximate surface area is 213 Å². The maximum Gasteiger partial charge on any atom is 0.338 e. The van der Waals surface area contributed by atoms with Gasteiger partial charge in [-0.15, -0.1) is 0 Å². The van der Waals surface area contributed by atoms with E-state index in [0.29, 0.717) is 21.6 Å². The predicted octanol–water partition coefficient (Wildman–Crippen LogP) is 2.25. The summed E-state index contributed by atoms with van der Waals surface area (Å²) in [5.74, 6) is -0.796. The van der Waals surface area contributed by atoms with Crippen LogP contribution in [0.2, 0.25) is 0 Å². The molecule has 4 rings (SSSR count). The summed E-state index contributed by atoms with van der Waals surface area (Å²) in [5, 5.41) is 11.2. The van der Waals surface area contributed by atoms with Gasteiger partial charge in [-0.3, -0.25) is 24.3 Å². The predicted molar refractivity (Wildman–Crippen MR) is 133 cm³/mol. The van der Waals surface area contributed by atoms with Crippen LogP contribution in [0.15, 0.2) is 63.5 Å². The number of non-ortho nitro benzene ring substituents is 1. The standard InChI is InChI=1S/C25H21N3O8S/c1-13-21(24(31)35-4)22(16-8-9-18(36-14(2)29)19(12-16)34-3)27-23(30)20(37-25(27)26-13)11-15-6-5-7-17(10-15)28(32)33/h5-12,22H,1-4H3/b20-11+. The molecule has 11 nitrogen and oxygen atoms in total. The van der Waals surface area contributed by atoms with Crippen LogP contribution in [0.4, 0.5) is 5.69 Å². The van der Waals surface area contributed by atoms with Crippen LogP contribution in [-0.2, 0) is 14.3 Å². The molecular weight excluding hydrogens is 502 g/mol. The molecule has 0 aliphatic carbocycles. The Bertz CT molecular complexity index is 1650. The quantitative estimate of drug-likeness (QED) is 0.207. The van der Waals surface area contributed by atoms with Crippen molar-refractivity contribution in [3.05, 3.63) is 94.7 Å². The average molecular weight is 524 g/mol. The minimum atomic E-state index is -0.920. The molecule has 0 bridgehead atoms. The van der Waals surface area contributed by atoms with Gasteiger partial charge < -0.3 is 14.2 Å². The lowest BCUT2D eigenvalue weighted by Gasteiger charge is -2.25. The molecule has 1 aliphatic heterocycles. The summed E-state index contributed by atoms with van der Waals surface area (Å²) in [7, 11) is 2.64. The van der Waals surface area contributed by atoms with Crippen LogP contribution in [-0.4, -0.2) is 35.6 Å². The number of aromatic nitrogens is 1. The second-order valence-electron chi connectivity index (χ2n) is 7.93. The van der Waals surface area contributed by atoms with Gasteiger partial charge in [-0.25, -0.2) is 9.79 Å². The van der Waals surface area contributed by atoms with Crippen molar-refractivity contribution < 1.29 is 28.7 Å². The number of rotatable bonds is 6. The zero-order valence-electron chi connectivity index (χ0n) is 20.2. The Morgan fingerprint density at radius 3 is 2.57 bits per heavy atom. The number of hydrogen-bond donors (Lipinski definition) is 0. The molecule has 1 unspecified atom stereocenters. The van der Waals surface area contributed by atoms with E-state index in [4.69, 9.17) is 14.2 Å². The number of esters is 2. The fourth-order valence-electron chi connectivity index (χ4n) is 3.98. The molecule has 2 heterocycles. The van der Waals surface area contributed by atoms with Crippen LogP contribution in [0, 0.1) is 10.1 Å². The van der Waals surface area contributed by atoms with Crippen LogP contribution in [0.1, 0.15) is 31.0 Å². The molecule has 1 aliphatic rings. The minimum Gasteiger partial charge on any atom is -0.493 e. The number of nitro groups is 1. The zero-order chi connectivity index (χ0) is 26.9. The van der Waals surface area contributed by atoms with Gasteiger partial charge in [0.1, 0.15) is 0 Å². The Balaban J connectivity index is 1.95. The average Bonchev–Trinajstić information content (AvgIpc) is 3.17. The van der Waals surface area contributed by atoms with Crippen LogP contribution in [0.25, 0.3) is 6.08 Å². The summed E-state index contributed by atoms with van der Waals surface area (Å²) in [6, 6.07) is 9.67. The van der Waals surface area contributed by atoms with Crippen molar-refractivity contribution in [2.24, 2.45) is 4.99 Å². The van der Waals surface area contributed by atoms with Gasteiger partial charge in [0, 0.05) is 19.1 Å². The molecule has 190 valence electrons. The Kier molecular flexibility index (Phi) is 7.02. The summed E-state index contributed by atoms with van der Waals surface area (Å²) < 4.78 is 17.2. The van der Waals surface area contributed by atoms with E-state index in [9.17, 15) is 24.5 Å². The lowest BCUT2D eigenvalue weighted by atomic mass is 9.95. The Morgan fingerprint density at radius 2 is 1.92 bits per heavy atom. The van der Waals surface area contributed by atoms with Gasteiger partial charge in [0.05, 0.1) is 41.0 Å². The highest BCUT2D eigenvalue weighted by molar-refractivity contribution is 7.07. The molecule has 0 radical (unpaired) electrons. The van der Waals surface area contributed by atoms with Crippen molar-refractivity contribution in [2.45, 2.75) is 19.9 Å². The fourth-order valence-corrected chi connectivity index (χ4v) is 5.03. The van der Waals surface area contributed by atoms with Crippen LogP contribution in [0.5, 0.6) is 11.5 Å². The van der Waals surface area contributed by atoms with Gasteiger partial charge >= 0.3 is 11.9 Å². The number of allylic oxidation sites excluding steroid dienone is 1. The molecule has 0 N–H and O–H groups in total. The third kappa shape index (κ3) is 4.91. The van der Waals surface area contributed by atoms with E-state index in [1.165, 1.54) is 56.1 Å². The summed E-state index contributed by atoms with van der Waals surface area (Å²) in [6.45, 7) is 2.90. The van der Waals surface area contributed by atoms with Crippen LogP contribution in [0.3, 0.4) is 0 Å². The molecular formula is C25H21N3O8S. The number of methoxy groups -OCH3 is 2. The maximum absolute atomic E-state index is 13.6.